The molecule has 0 amide bonds. The summed E-state index contributed by atoms with van der Waals surface area (Å²) in [6.45, 7) is 5.58. The molecule has 108 valence electrons. The molecule has 3 atom stereocenters. The molecule has 0 aromatic rings. The third-order valence-corrected chi connectivity index (χ3v) is 4.42. The van der Waals surface area contributed by atoms with Gasteiger partial charge in [-0.2, -0.15) is 8.42 Å². The maximum absolute atomic E-state index is 11.7. The van der Waals surface area contributed by atoms with Gasteiger partial charge in [-0.25, -0.2) is 0 Å². The molecule has 19 heavy (non-hydrogen) atoms. The number of esters is 1. The van der Waals surface area contributed by atoms with Gasteiger partial charge in [0, 0.05) is 5.92 Å². The second kappa shape index (κ2) is 6.87. The van der Waals surface area contributed by atoms with E-state index in [0.29, 0.717) is 0 Å². The number of rotatable bonds is 6. The predicted octanol–water partition coefficient (Wildman–Crippen LogP) is -2.08. The normalized spacial score (nSPS) is 26.2. The van der Waals surface area contributed by atoms with Crippen LogP contribution in [0.3, 0.4) is 0 Å². The van der Waals surface area contributed by atoms with E-state index in [0.717, 1.165) is 12.8 Å². The SMILES string of the molecule is CCCCOC(=O)C1C(C(O)S(=O)(=O)O)C1(C)C.[H-].[Na+]. The monoisotopic (exact) mass is 304 g/mol. The molecule has 2 N–H and O–H groups in total. The van der Waals surface area contributed by atoms with E-state index in [1.807, 2.05) is 6.92 Å². The van der Waals surface area contributed by atoms with Gasteiger partial charge < -0.3 is 11.3 Å². The van der Waals surface area contributed by atoms with Crippen LogP contribution >= 0.6 is 0 Å². The van der Waals surface area contributed by atoms with E-state index in [2.05, 4.69) is 0 Å². The van der Waals surface area contributed by atoms with Crippen molar-refractivity contribution in [2.45, 2.75) is 39.0 Å². The van der Waals surface area contributed by atoms with Gasteiger partial charge in [0.25, 0.3) is 10.1 Å². The van der Waals surface area contributed by atoms with Crippen molar-refractivity contribution in [3.63, 3.8) is 0 Å². The predicted molar refractivity (Wildman–Crippen MR) is 65.3 cm³/mol. The molecule has 1 saturated carbocycles. The Kier molecular flexibility index (Phi) is 6.99. The minimum absolute atomic E-state index is 0. The van der Waals surface area contributed by atoms with Gasteiger partial charge in [0.1, 0.15) is 0 Å². The Morgan fingerprint density at radius 1 is 1.47 bits per heavy atom. The zero-order valence-electron chi connectivity index (χ0n) is 12.8. The Bertz CT molecular complexity index is 425. The average molecular weight is 304 g/mol. The van der Waals surface area contributed by atoms with Crippen molar-refractivity contribution < 1.29 is 58.6 Å². The fraction of sp³-hybridized carbons (Fsp3) is 0.909. The maximum atomic E-state index is 11.7. The topological polar surface area (TPSA) is 101 Å². The molecule has 1 fully saturated rings. The van der Waals surface area contributed by atoms with Crippen LogP contribution in [0.25, 0.3) is 0 Å². The molecule has 0 radical (unpaired) electrons. The first-order valence-electron chi connectivity index (χ1n) is 5.95. The molecule has 1 aliphatic carbocycles. The van der Waals surface area contributed by atoms with E-state index in [-0.39, 0.29) is 37.6 Å². The third-order valence-electron chi connectivity index (χ3n) is 3.52. The van der Waals surface area contributed by atoms with Crippen molar-refractivity contribution in [3.8, 4) is 0 Å². The number of aliphatic hydroxyl groups is 1. The number of carbonyl (C=O) groups is 1. The van der Waals surface area contributed by atoms with Crippen molar-refractivity contribution in [2.75, 3.05) is 6.61 Å². The van der Waals surface area contributed by atoms with Crippen LogP contribution in [0.4, 0.5) is 0 Å². The summed E-state index contributed by atoms with van der Waals surface area (Å²) >= 11 is 0. The number of aliphatic hydroxyl groups excluding tert-OH is 1. The summed E-state index contributed by atoms with van der Waals surface area (Å²) in [5.74, 6) is -2.02. The van der Waals surface area contributed by atoms with E-state index in [1.165, 1.54) is 0 Å². The molecule has 0 saturated heterocycles. The van der Waals surface area contributed by atoms with Gasteiger partial charge in [-0.15, -0.1) is 0 Å². The van der Waals surface area contributed by atoms with E-state index in [1.54, 1.807) is 13.8 Å². The zero-order valence-corrected chi connectivity index (χ0v) is 14.6. The first kappa shape index (κ1) is 19.3. The standard InChI is InChI=1S/C11H20O6S.Na.H/c1-4-5-6-17-9(12)7-8(11(7,2)3)10(13)18(14,15)16;;/h7-8,10,13H,4-6H2,1-3H3,(H,14,15,16);;/q;+1;-1. The molecule has 0 bridgehead atoms. The molecule has 0 aromatic heterocycles. The number of hydrogen-bond donors (Lipinski definition) is 2. The van der Waals surface area contributed by atoms with Crippen molar-refractivity contribution in [3.05, 3.63) is 0 Å². The molecular weight excluding hydrogens is 283 g/mol. The fourth-order valence-electron chi connectivity index (χ4n) is 2.25. The first-order valence-corrected chi connectivity index (χ1v) is 7.45. The maximum Gasteiger partial charge on any atom is 1.00 e. The van der Waals surface area contributed by atoms with E-state index >= 15 is 0 Å². The molecule has 0 heterocycles. The molecule has 8 heteroatoms. The Labute approximate surface area is 137 Å². The Morgan fingerprint density at radius 2 is 2.00 bits per heavy atom. The van der Waals surface area contributed by atoms with Crippen LogP contribution in [0.5, 0.6) is 0 Å². The summed E-state index contributed by atoms with van der Waals surface area (Å²) in [7, 11) is -4.55. The van der Waals surface area contributed by atoms with Crippen LogP contribution in [0.1, 0.15) is 35.0 Å². The number of unbranched alkanes of at least 4 members (excludes halogenated alkanes) is 1. The van der Waals surface area contributed by atoms with Crippen LogP contribution in [0.15, 0.2) is 0 Å². The van der Waals surface area contributed by atoms with E-state index in [9.17, 15) is 18.3 Å². The van der Waals surface area contributed by atoms with E-state index < -0.39 is 38.8 Å². The number of ether oxygens (including phenoxy) is 1. The smallest absolute Gasteiger partial charge is 1.00 e. The summed E-state index contributed by atoms with van der Waals surface area (Å²) < 4.78 is 35.6. The average Bonchev–Trinajstić information content (AvgIpc) is 2.79. The minimum atomic E-state index is -4.55. The van der Waals surface area contributed by atoms with Crippen LogP contribution in [0.2, 0.25) is 0 Å². The van der Waals surface area contributed by atoms with Crippen molar-refractivity contribution in [1.82, 2.24) is 0 Å². The molecule has 0 aromatic carbocycles. The summed E-state index contributed by atoms with van der Waals surface area (Å²) in [6.07, 6.45) is 1.63. The largest absolute Gasteiger partial charge is 1.00 e. The van der Waals surface area contributed by atoms with E-state index in [4.69, 9.17) is 9.29 Å². The van der Waals surface area contributed by atoms with Gasteiger partial charge in [-0.3, -0.25) is 9.35 Å². The molecule has 1 aliphatic rings. The first-order chi connectivity index (χ1) is 8.14. The van der Waals surface area contributed by atoms with Gasteiger partial charge >= 0.3 is 35.5 Å². The quantitative estimate of drug-likeness (QED) is 0.253. The Hall–Kier alpha value is 0.340. The molecule has 1 rings (SSSR count). The van der Waals surface area contributed by atoms with Crippen LogP contribution < -0.4 is 29.6 Å². The number of hydrogen-bond acceptors (Lipinski definition) is 5. The van der Waals surface area contributed by atoms with Crippen molar-refractivity contribution in [1.29, 1.82) is 0 Å². The summed E-state index contributed by atoms with van der Waals surface area (Å²) in [6, 6.07) is 0. The second-order valence-electron chi connectivity index (χ2n) is 5.25. The summed E-state index contributed by atoms with van der Waals surface area (Å²) in [5.41, 5.74) is -2.62. The number of carbonyl (C=O) groups excluding carboxylic acids is 1. The minimum Gasteiger partial charge on any atom is -1.00 e. The molecule has 0 spiro atoms. The zero-order chi connectivity index (χ0) is 14.1. The second-order valence-corrected chi connectivity index (χ2v) is 6.76. The van der Waals surface area contributed by atoms with Gasteiger partial charge in [0.05, 0.1) is 12.5 Å². The van der Waals surface area contributed by atoms with Gasteiger partial charge in [0.15, 0.2) is 5.44 Å². The van der Waals surface area contributed by atoms with Crippen LogP contribution in [0, 0.1) is 17.3 Å². The molecular formula is C11H21NaO6S. The van der Waals surface area contributed by atoms with Crippen LogP contribution in [-0.2, 0) is 19.6 Å². The fourth-order valence-corrected chi connectivity index (χ4v) is 3.13. The Balaban J connectivity index is 0. The molecule has 0 aliphatic heterocycles. The van der Waals surface area contributed by atoms with Gasteiger partial charge in [-0.1, -0.05) is 27.2 Å². The van der Waals surface area contributed by atoms with Gasteiger partial charge in [0.2, 0.25) is 0 Å². The van der Waals surface area contributed by atoms with Crippen molar-refractivity contribution in [2.24, 2.45) is 17.3 Å². The van der Waals surface area contributed by atoms with Gasteiger partial charge in [-0.05, 0) is 11.8 Å². The third kappa shape index (κ3) is 4.41. The van der Waals surface area contributed by atoms with Crippen LogP contribution in [-0.4, -0.2) is 36.1 Å². The molecule has 3 unspecified atom stereocenters. The summed E-state index contributed by atoms with van der Waals surface area (Å²) in [4.78, 5) is 11.7. The Morgan fingerprint density at radius 3 is 2.42 bits per heavy atom. The summed E-state index contributed by atoms with van der Waals surface area (Å²) in [5, 5.41) is 9.51. The molecule has 6 nitrogen and oxygen atoms in total. The van der Waals surface area contributed by atoms with Crippen molar-refractivity contribution >= 4 is 16.1 Å².